The minimum Gasteiger partial charge on any atom is -0.481 e. The lowest BCUT2D eigenvalue weighted by atomic mass is 9.97. The maximum absolute atomic E-state index is 11.7. The van der Waals surface area contributed by atoms with E-state index in [1.165, 1.54) is 116 Å². The van der Waals surface area contributed by atoms with Crippen LogP contribution in [0.5, 0.6) is 0 Å². The van der Waals surface area contributed by atoms with E-state index < -0.39 is 11.9 Å². The van der Waals surface area contributed by atoms with Crippen molar-refractivity contribution in [3.8, 4) is 0 Å². The lowest BCUT2D eigenvalue weighted by Crippen LogP contribution is -2.19. The molecule has 36 heavy (non-hydrogen) atoms. The van der Waals surface area contributed by atoms with Crippen LogP contribution in [0.1, 0.15) is 168 Å². The second-order valence-corrected chi connectivity index (χ2v) is 10.7. The molecule has 4 heteroatoms. The van der Waals surface area contributed by atoms with Gasteiger partial charge < -0.3 is 9.84 Å². The number of unbranched alkanes of at least 4 members (excludes halogenated alkanes) is 19. The third-order valence-electron chi connectivity index (χ3n) is 7.04. The number of carboxylic acid groups (broad SMARTS) is 1. The SMILES string of the molecule is CCCCCCCCCC/C=C/CCCCCCCCCCCCCC(CC(=O)OCCC)C(=O)O. The quantitative estimate of drug-likeness (QED) is 0.0648. The van der Waals surface area contributed by atoms with Crippen LogP contribution >= 0.6 is 0 Å². The highest BCUT2D eigenvalue weighted by Crippen LogP contribution is 2.17. The normalized spacial score (nSPS) is 12.3. The van der Waals surface area contributed by atoms with Crippen LogP contribution in [0, 0.1) is 5.92 Å². The molecule has 1 N–H and O–H groups in total. The van der Waals surface area contributed by atoms with Crippen molar-refractivity contribution in [3.05, 3.63) is 12.2 Å². The molecular formula is C32H60O4. The van der Waals surface area contributed by atoms with Gasteiger partial charge in [-0.25, -0.2) is 0 Å². The summed E-state index contributed by atoms with van der Waals surface area (Å²) in [5.74, 6) is -1.85. The first-order valence-electron chi connectivity index (χ1n) is 15.6. The second-order valence-electron chi connectivity index (χ2n) is 10.7. The van der Waals surface area contributed by atoms with Gasteiger partial charge >= 0.3 is 11.9 Å². The Bertz CT molecular complexity index is 514. The number of hydrogen-bond acceptors (Lipinski definition) is 3. The van der Waals surface area contributed by atoms with Gasteiger partial charge in [0.25, 0.3) is 0 Å². The Labute approximate surface area is 224 Å². The Morgan fingerprint density at radius 2 is 1.03 bits per heavy atom. The number of carbonyl (C=O) groups is 2. The van der Waals surface area contributed by atoms with E-state index in [4.69, 9.17) is 4.74 Å². The molecule has 0 aromatic rings. The standard InChI is InChI=1S/C32H60O4/c1-3-5-6-7-8-9-10-11-12-13-14-15-16-17-18-19-20-21-22-23-24-25-26-27-30(32(34)35)29-31(33)36-28-4-2/h13-14,30H,3-12,15-29H2,1-2H3,(H,34,35)/b14-13+. The van der Waals surface area contributed by atoms with Crippen LogP contribution in [0.2, 0.25) is 0 Å². The average molecular weight is 509 g/mol. The first-order chi connectivity index (χ1) is 17.6. The molecule has 0 spiro atoms. The van der Waals surface area contributed by atoms with Crippen LogP contribution in [0.25, 0.3) is 0 Å². The molecule has 4 nitrogen and oxygen atoms in total. The number of aliphatic carboxylic acids is 1. The summed E-state index contributed by atoms with van der Waals surface area (Å²) in [6, 6.07) is 0. The van der Waals surface area contributed by atoms with E-state index in [1.54, 1.807) is 0 Å². The smallest absolute Gasteiger partial charge is 0.307 e. The molecule has 0 aliphatic rings. The molecule has 0 saturated heterocycles. The average Bonchev–Trinajstić information content (AvgIpc) is 2.87. The molecule has 212 valence electrons. The van der Waals surface area contributed by atoms with E-state index in [0.29, 0.717) is 13.0 Å². The number of carbonyl (C=O) groups excluding carboxylic acids is 1. The molecule has 0 saturated carbocycles. The summed E-state index contributed by atoms with van der Waals surface area (Å²) in [7, 11) is 0. The third-order valence-corrected chi connectivity index (χ3v) is 7.04. The third kappa shape index (κ3) is 25.8. The zero-order valence-corrected chi connectivity index (χ0v) is 24.1. The highest BCUT2D eigenvalue weighted by Gasteiger charge is 2.21. The van der Waals surface area contributed by atoms with Gasteiger partial charge in [-0.3, -0.25) is 9.59 Å². The van der Waals surface area contributed by atoms with Gasteiger partial charge in [-0.2, -0.15) is 0 Å². The van der Waals surface area contributed by atoms with Crippen molar-refractivity contribution in [1.82, 2.24) is 0 Å². The Kier molecular flexibility index (Phi) is 27.2. The highest BCUT2D eigenvalue weighted by atomic mass is 16.5. The maximum Gasteiger partial charge on any atom is 0.307 e. The maximum atomic E-state index is 11.7. The van der Waals surface area contributed by atoms with E-state index in [0.717, 1.165) is 25.7 Å². The summed E-state index contributed by atoms with van der Waals surface area (Å²) in [6.07, 6.45) is 33.6. The Morgan fingerprint density at radius 3 is 1.44 bits per heavy atom. The van der Waals surface area contributed by atoms with Crippen molar-refractivity contribution < 1.29 is 19.4 Å². The largest absolute Gasteiger partial charge is 0.481 e. The minimum atomic E-state index is -0.877. The lowest BCUT2D eigenvalue weighted by Gasteiger charge is -2.11. The number of hydrogen-bond donors (Lipinski definition) is 1. The lowest BCUT2D eigenvalue weighted by molar-refractivity contribution is -0.151. The fourth-order valence-electron chi connectivity index (χ4n) is 4.66. The van der Waals surface area contributed by atoms with Crippen molar-refractivity contribution in [1.29, 1.82) is 0 Å². The van der Waals surface area contributed by atoms with Crippen molar-refractivity contribution >= 4 is 11.9 Å². The molecule has 0 rings (SSSR count). The van der Waals surface area contributed by atoms with E-state index in [-0.39, 0.29) is 12.4 Å². The van der Waals surface area contributed by atoms with Crippen LogP contribution < -0.4 is 0 Å². The first kappa shape index (κ1) is 34.7. The van der Waals surface area contributed by atoms with Crippen LogP contribution in [0.4, 0.5) is 0 Å². The molecule has 1 unspecified atom stereocenters. The van der Waals surface area contributed by atoms with Gasteiger partial charge in [0.05, 0.1) is 18.9 Å². The molecular weight excluding hydrogens is 448 g/mol. The van der Waals surface area contributed by atoms with E-state index in [1.807, 2.05) is 6.92 Å². The van der Waals surface area contributed by atoms with Crippen molar-refractivity contribution in [2.24, 2.45) is 5.92 Å². The second kappa shape index (κ2) is 28.3. The van der Waals surface area contributed by atoms with Gasteiger partial charge in [-0.1, -0.05) is 135 Å². The molecule has 0 aromatic heterocycles. The molecule has 1 atom stereocenters. The first-order valence-corrected chi connectivity index (χ1v) is 15.6. The van der Waals surface area contributed by atoms with Crippen LogP contribution in [0.3, 0.4) is 0 Å². The number of esters is 1. The van der Waals surface area contributed by atoms with Crippen LogP contribution in [0.15, 0.2) is 12.2 Å². The van der Waals surface area contributed by atoms with Gasteiger partial charge in [0.15, 0.2) is 0 Å². The highest BCUT2D eigenvalue weighted by molar-refractivity contribution is 5.78. The van der Waals surface area contributed by atoms with Gasteiger partial charge in [-0.05, 0) is 38.5 Å². The fraction of sp³-hybridized carbons (Fsp3) is 0.875. The molecule has 0 aliphatic heterocycles. The molecule has 0 heterocycles. The number of ether oxygens (including phenoxy) is 1. The van der Waals surface area contributed by atoms with Crippen LogP contribution in [-0.2, 0) is 14.3 Å². The topological polar surface area (TPSA) is 63.6 Å². The molecule has 0 bridgehead atoms. The molecule has 0 radical (unpaired) electrons. The van der Waals surface area contributed by atoms with Crippen LogP contribution in [-0.4, -0.2) is 23.7 Å². The number of rotatable bonds is 28. The number of carboxylic acids is 1. The van der Waals surface area contributed by atoms with Gasteiger partial charge in [0.1, 0.15) is 0 Å². The van der Waals surface area contributed by atoms with Crippen molar-refractivity contribution in [2.45, 2.75) is 168 Å². The zero-order valence-electron chi connectivity index (χ0n) is 24.1. The summed E-state index contributed by atoms with van der Waals surface area (Å²) in [5, 5.41) is 9.31. The predicted octanol–water partition coefficient (Wildman–Crippen LogP) is 10.2. The van der Waals surface area contributed by atoms with E-state index >= 15 is 0 Å². The summed E-state index contributed by atoms with van der Waals surface area (Å²) in [5.41, 5.74) is 0. The Morgan fingerprint density at radius 1 is 0.611 bits per heavy atom. The number of allylic oxidation sites excluding steroid dienone is 2. The monoisotopic (exact) mass is 508 g/mol. The van der Waals surface area contributed by atoms with Gasteiger partial charge in [0, 0.05) is 0 Å². The van der Waals surface area contributed by atoms with Gasteiger partial charge in [0.2, 0.25) is 0 Å². The molecule has 0 amide bonds. The van der Waals surface area contributed by atoms with Crippen molar-refractivity contribution in [2.75, 3.05) is 6.61 Å². The zero-order chi connectivity index (χ0) is 26.5. The summed E-state index contributed by atoms with van der Waals surface area (Å²) in [4.78, 5) is 23.0. The minimum absolute atomic E-state index is 0.00489. The summed E-state index contributed by atoms with van der Waals surface area (Å²) < 4.78 is 5.02. The Balaban J connectivity index is 3.36. The summed E-state index contributed by atoms with van der Waals surface area (Å²) in [6.45, 7) is 4.59. The molecule has 0 aromatic carbocycles. The van der Waals surface area contributed by atoms with E-state index in [9.17, 15) is 14.7 Å². The molecule has 0 aliphatic carbocycles. The van der Waals surface area contributed by atoms with Gasteiger partial charge in [-0.15, -0.1) is 0 Å². The fourth-order valence-corrected chi connectivity index (χ4v) is 4.66. The molecule has 0 fully saturated rings. The summed E-state index contributed by atoms with van der Waals surface area (Å²) >= 11 is 0. The van der Waals surface area contributed by atoms with Crippen molar-refractivity contribution in [3.63, 3.8) is 0 Å². The Hall–Kier alpha value is -1.32. The predicted molar refractivity (Wildman–Crippen MR) is 153 cm³/mol. The van der Waals surface area contributed by atoms with E-state index in [2.05, 4.69) is 19.1 Å².